The van der Waals surface area contributed by atoms with Crippen molar-refractivity contribution >= 4 is 11.0 Å². The minimum absolute atomic E-state index is 0.0694. The predicted molar refractivity (Wildman–Crippen MR) is 118 cm³/mol. The minimum Gasteiger partial charge on any atom is -0.872 e. The first-order valence-electron chi connectivity index (χ1n) is 10.7. The van der Waals surface area contributed by atoms with E-state index in [0.29, 0.717) is 51.5 Å². The molecule has 6 nitrogen and oxygen atoms in total. The van der Waals surface area contributed by atoms with Crippen LogP contribution in [-0.4, -0.2) is 27.3 Å². The van der Waals surface area contributed by atoms with Crippen molar-refractivity contribution in [1.82, 2.24) is 0 Å². The molecule has 0 bridgehead atoms. The number of likely N-dealkylation sites (tertiary alicyclic amines) is 1. The molecule has 3 aromatic rings. The van der Waals surface area contributed by atoms with Crippen molar-refractivity contribution in [2.45, 2.75) is 33.2 Å². The van der Waals surface area contributed by atoms with E-state index in [9.17, 15) is 9.90 Å². The number of ether oxygens (including phenoxy) is 2. The summed E-state index contributed by atoms with van der Waals surface area (Å²) >= 11 is 0. The van der Waals surface area contributed by atoms with E-state index in [-0.39, 0.29) is 11.2 Å². The normalized spacial score (nSPS) is 18.8. The summed E-state index contributed by atoms with van der Waals surface area (Å²) in [6, 6.07) is 8.43. The maximum atomic E-state index is 13.5. The average Bonchev–Trinajstić information content (AvgIpc) is 2.77. The van der Waals surface area contributed by atoms with Crippen LogP contribution in [0, 0.1) is 12.8 Å². The molecule has 0 spiro atoms. The van der Waals surface area contributed by atoms with Gasteiger partial charge >= 0.3 is 0 Å². The molecule has 1 N–H and O–H groups in total. The first-order valence-corrected chi connectivity index (χ1v) is 10.7. The van der Waals surface area contributed by atoms with Gasteiger partial charge in [-0.3, -0.25) is 4.79 Å². The van der Waals surface area contributed by atoms with Crippen molar-refractivity contribution in [1.29, 1.82) is 0 Å². The van der Waals surface area contributed by atoms with Crippen LogP contribution in [-0.2, 0) is 6.54 Å². The van der Waals surface area contributed by atoms with Crippen LogP contribution in [0.25, 0.3) is 22.1 Å². The Bertz CT molecular complexity index is 1160. The van der Waals surface area contributed by atoms with Crippen molar-refractivity contribution in [3.05, 3.63) is 51.9 Å². The summed E-state index contributed by atoms with van der Waals surface area (Å²) in [6.07, 6.45) is 2.31. The number of aryl methyl sites for hydroxylation is 1. The zero-order valence-corrected chi connectivity index (χ0v) is 18.5. The van der Waals surface area contributed by atoms with Crippen LogP contribution in [0.4, 0.5) is 0 Å². The molecule has 0 radical (unpaired) electrons. The highest BCUT2D eigenvalue weighted by molar-refractivity contribution is 5.86. The van der Waals surface area contributed by atoms with E-state index in [2.05, 4.69) is 6.92 Å². The molecule has 1 aliphatic rings. The van der Waals surface area contributed by atoms with Crippen molar-refractivity contribution in [2.24, 2.45) is 5.92 Å². The second-order valence-corrected chi connectivity index (χ2v) is 8.46. The molecule has 4 rings (SSSR count). The minimum atomic E-state index is -0.144. The summed E-state index contributed by atoms with van der Waals surface area (Å²) in [7, 11) is 3.13. The Morgan fingerprint density at radius 2 is 1.81 bits per heavy atom. The molecule has 0 aliphatic carbocycles. The van der Waals surface area contributed by atoms with Crippen LogP contribution in [0.1, 0.15) is 31.1 Å². The van der Waals surface area contributed by atoms with E-state index < -0.39 is 0 Å². The monoisotopic (exact) mass is 423 g/mol. The summed E-state index contributed by atoms with van der Waals surface area (Å²) in [6.45, 7) is 6.68. The first kappa shape index (κ1) is 21.2. The maximum absolute atomic E-state index is 13.5. The highest BCUT2D eigenvalue weighted by Gasteiger charge is 2.23. The molecular weight excluding hydrogens is 394 g/mol. The second-order valence-electron chi connectivity index (χ2n) is 8.46. The molecule has 0 saturated carbocycles. The molecule has 2 heterocycles. The van der Waals surface area contributed by atoms with Gasteiger partial charge < -0.3 is 23.9 Å². The molecule has 2 aromatic carbocycles. The molecule has 1 aromatic heterocycles. The van der Waals surface area contributed by atoms with E-state index >= 15 is 0 Å². The lowest BCUT2D eigenvalue weighted by molar-refractivity contribution is -0.919. The van der Waals surface area contributed by atoms with Gasteiger partial charge in [-0.15, -0.1) is 0 Å². The Kier molecular flexibility index (Phi) is 5.92. The lowest BCUT2D eigenvalue weighted by atomic mass is 9.98. The summed E-state index contributed by atoms with van der Waals surface area (Å²) in [5.41, 5.74) is 2.03. The molecule has 0 amide bonds. The predicted octanol–water partition coefficient (Wildman–Crippen LogP) is 2.67. The molecule has 31 heavy (non-hydrogen) atoms. The van der Waals surface area contributed by atoms with Gasteiger partial charge in [0.25, 0.3) is 0 Å². The summed E-state index contributed by atoms with van der Waals surface area (Å²) in [4.78, 5) is 14.8. The van der Waals surface area contributed by atoms with Gasteiger partial charge in [-0.2, -0.15) is 0 Å². The number of hydrogen-bond acceptors (Lipinski definition) is 5. The van der Waals surface area contributed by atoms with Gasteiger partial charge in [0, 0.05) is 5.56 Å². The molecule has 0 unspecified atom stereocenters. The van der Waals surface area contributed by atoms with Crippen LogP contribution in [0.5, 0.6) is 17.2 Å². The number of fused-ring (bicyclic) bond motifs is 1. The number of hydrogen-bond donors (Lipinski definition) is 1. The highest BCUT2D eigenvalue weighted by Crippen LogP contribution is 2.34. The Labute approximate surface area is 182 Å². The quantitative estimate of drug-likeness (QED) is 0.683. The maximum Gasteiger partial charge on any atom is 0.200 e. The molecule has 1 saturated heterocycles. The Balaban J connectivity index is 1.81. The third-order valence-corrected chi connectivity index (χ3v) is 6.38. The Morgan fingerprint density at radius 3 is 2.48 bits per heavy atom. The lowest BCUT2D eigenvalue weighted by Gasteiger charge is -2.29. The van der Waals surface area contributed by atoms with Crippen molar-refractivity contribution < 1.29 is 23.9 Å². The highest BCUT2D eigenvalue weighted by atomic mass is 16.5. The molecule has 1 fully saturated rings. The average molecular weight is 424 g/mol. The van der Waals surface area contributed by atoms with E-state index in [4.69, 9.17) is 13.9 Å². The van der Waals surface area contributed by atoms with Gasteiger partial charge in [-0.1, -0.05) is 24.8 Å². The summed E-state index contributed by atoms with van der Waals surface area (Å²) in [5, 5.41) is 13.1. The first-order chi connectivity index (χ1) is 14.9. The van der Waals surface area contributed by atoms with E-state index in [1.807, 2.05) is 6.07 Å². The Hall–Kier alpha value is -2.99. The van der Waals surface area contributed by atoms with Gasteiger partial charge in [0.05, 0.1) is 38.3 Å². The van der Waals surface area contributed by atoms with E-state index in [1.165, 1.54) is 11.0 Å². The number of rotatable bonds is 5. The fourth-order valence-electron chi connectivity index (χ4n) is 4.49. The lowest BCUT2D eigenvalue weighted by Crippen LogP contribution is -3.11. The van der Waals surface area contributed by atoms with Crippen LogP contribution in [0.2, 0.25) is 0 Å². The number of quaternary nitrogens is 1. The SMILES string of the molecule is COc1ccc(-c2c(C)oc3c(C[NH+]4CCC(C)CC4)c([O-])ccc3c2=O)cc1OC. The molecule has 164 valence electrons. The smallest absolute Gasteiger partial charge is 0.200 e. The third kappa shape index (κ3) is 4.00. The zero-order valence-electron chi connectivity index (χ0n) is 18.5. The standard InChI is InChI=1S/C25H29NO5/c1-15-9-11-26(12-10-15)14-19-20(27)7-6-18-24(28)23(16(2)31-25(18)19)17-5-8-21(29-3)22(13-17)30-4/h5-8,13,15,27H,9-12,14H2,1-4H3. The number of methoxy groups -OCH3 is 2. The van der Waals surface area contributed by atoms with E-state index in [0.717, 1.165) is 31.8 Å². The topological polar surface area (TPSA) is 76.2 Å². The second kappa shape index (κ2) is 8.63. The van der Waals surface area contributed by atoms with Crippen LogP contribution >= 0.6 is 0 Å². The number of piperidine rings is 1. The van der Waals surface area contributed by atoms with E-state index in [1.54, 1.807) is 39.3 Å². The Morgan fingerprint density at radius 1 is 1.10 bits per heavy atom. The van der Waals surface area contributed by atoms with Crippen molar-refractivity contribution in [3.63, 3.8) is 0 Å². The molecule has 0 atom stereocenters. The van der Waals surface area contributed by atoms with Gasteiger partial charge in [0.2, 0.25) is 5.43 Å². The van der Waals surface area contributed by atoms with Crippen molar-refractivity contribution in [2.75, 3.05) is 27.3 Å². The molecule has 1 aliphatic heterocycles. The zero-order chi connectivity index (χ0) is 22.1. The van der Waals surface area contributed by atoms with Crippen LogP contribution in [0.3, 0.4) is 0 Å². The fraction of sp³-hybridized carbons (Fsp3) is 0.400. The van der Waals surface area contributed by atoms with Gasteiger partial charge in [0.1, 0.15) is 17.9 Å². The van der Waals surface area contributed by atoms with Crippen LogP contribution in [0.15, 0.2) is 39.5 Å². The summed E-state index contributed by atoms with van der Waals surface area (Å²) < 4.78 is 16.8. The molecule has 6 heteroatoms. The van der Waals surface area contributed by atoms with Gasteiger partial charge in [-0.05, 0) is 49.4 Å². The largest absolute Gasteiger partial charge is 0.872 e. The summed E-state index contributed by atoms with van der Waals surface area (Å²) in [5.74, 6) is 2.27. The fourth-order valence-corrected chi connectivity index (χ4v) is 4.49. The number of nitrogens with one attached hydrogen (secondary N) is 1. The van der Waals surface area contributed by atoms with Crippen molar-refractivity contribution in [3.8, 4) is 28.4 Å². The van der Waals surface area contributed by atoms with Gasteiger partial charge in [-0.25, -0.2) is 0 Å². The third-order valence-electron chi connectivity index (χ3n) is 6.38. The number of benzene rings is 2. The van der Waals surface area contributed by atoms with Crippen LogP contribution < -0.4 is 24.9 Å². The van der Waals surface area contributed by atoms with Gasteiger partial charge in [0.15, 0.2) is 11.5 Å². The molecular formula is C25H29NO5.